The fourth-order valence-corrected chi connectivity index (χ4v) is 1.92. The molecule has 0 aliphatic carbocycles. The first-order valence-corrected chi connectivity index (χ1v) is 8.30. The topological polar surface area (TPSA) is 89.2 Å². The number of nitrogens with zero attached hydrogens (tertiary/aromatic N) is 2. The van der Waals surface area contributed by atoms with Gasteiger partial charge < -0.3 is 25.4 Å². The molecule has 152 valence electrons. The molecule has 10 heteroatoms. The molecule has 1 aromatic rings. The van der Waals surface area contributed by atoms with E-state index in [-0.39, 0.29) is 18.3 Å². The van der Waals surface area contributed by atoms with Gasteiger partial charge in [0.15, 0.2) is 5.96 Å². The first kappa shape index (κ1) is 22.4. The highest BCUT2D eigenvalue weighted by Gasteiger charge is 2.30. The molecule has 0 spiro atoms. The van der Waals surface area contributed by atoms with Crippen LogP contribution in [0.15, 0.2) is 29.3 Å². The summed E-state index contributed by atoms with van der Waals surface area (Å²) in [5.41, 5.74) is 5.61. The molecule has 0 unspecified atom stereocenters. The summed E-state index contributed by atoms with van der Waals surface area (Å²) in [6.07, 6.45) is -5.18. The number of hydrogen-bond acceptors (Lipinski definition) is 4. The summed E-state index contributed by atoms with van der Waals surface area (Å²) < 4.78 is 45.4. The number of ether oxygens (including phenoxy) is 2. The molecule has 0 aliphatic rings. The smallest absolute Gasteiger partial charge is 0.444 e. The Morgan fingerprint density at radius 3 is 2.30 bits per heavy atom. The normalized spacial score (nSPS) is 12.5. The second-order valence-corrected chi connectivity index (χ2v) is 6.52. The van der Waals surface area contributed by atoms with E-state index >= 15 is 0 Å². The lowest BCUT2D eigenvalue weighted by Gasteiger charge is -2.26. The van der Waals surface area contributed by atoms with Crippen LogP contribution >= 0.6 is 0 Å². The average molecular weight is 390 g/mol. The Labute approximate surface area is 156 Å². The lowest BCUT2D eigenvalue weighted by molar-refractivity contribution is -0.274. The molecule has 0 fully saturated rings. The van der Waals surface area contributed by atoms with E-state index in [1.165, 1.54) is 17.0 Å². The van der Waals surface area contributed by atoms with Crippen molar-refractivity contribution < 1.29 is 27.4 Å². The Kier molecular flexibility index (Phi) is 7.74. The Morgan fingerprint density at radius 1 is 1.22 bits per heavy atom. The van der Waals surface area contributed by atoms with Gasteiger partial charge in [0.25, 0.3) is 0 Å². The van der Waals surface area contributed by atoms with Crippen LogP contribution < -0.4 is 15.8 Å². The molecule has 1 rings (SSSR count). The van der Waals surface area contributed by atoms with Crippen LogP contribution in [0.5, 0.6) is 5.75 Å². The number of nitrogens with one attached hydrogen (secondary N) is 1. The number of carbonyl (C=O) groups is 1. The van der Waals surface area contributed by atoms with Gasteiger partial charge in [0.05, 0.1) is 6.54 Å². The van der Waals surface area contributed by atoms with E-state index in [1.54, 1.807) is 20.8 Å². The van der Waals surface area contributed by atoms with Gasteiger partial charge in [-0.1, -0.05) is 0 Å². The lowest BCUT2D eigenvalue weighted by Crippen LogP contribution is -2.38. The number of anilines is 1. The van der Waals surface area contributed by atoms with Crippen molar-refractivity contribution in [1.82, 2.24) is 4.90 Å². The second kappa shape index (κ2) is 9.33. The number of rotatable bonds is 6. The molecule has 0 bridgehead atoms. The zero-order valence-corrected chi connectivity index (χ0v) is 15.8. The van der Waals surface area contributed by atoms with Crippen LogP contribution in [0.1, 0.15) is 27.7 Å². The van der Waals surface area contributed by atoms with E-state index in [0.29, 0.717) is 18.8 Å². The summed E-state index contributed by atoms with van der Waals surface area (Å²) >= 11 is 0. The summed E-state index contributed by atoms with van der Waals surface area (Å²) in [5.74, 6) is -0.265. The van der Waals surface area contributed by atoms with Crippen molar-refractivity contribution in [3.05, 3.63) is 24.3 Å². The lowest BCUT2D eigenvalue weighted by atomic mass is 10.2. The van der Waals surface area contributed by atoms with Gasteiger partial charge in [-0.05, 0) is 52.0 Å². The number of alkyl halides is 3. The minimum absolute atomic E-state index is 0.0692. The molecule has 0 aromatic heterocycles. The molecule has 1 amide bonds. The second-order valence-electron chi connectivity index (χ2n) is 6.52. The molecule has 27 heavy (non-hydrogen) atoms. The van der Waals surface area contributed by atoms with E-state index in [1.807, 2.05) is 6.92 Å². The van der Waals surface area contributed by atoms with Crippen LogP contribution in [0.25, 0.3) is 0 Å². The van der Waals surface area contributed by atoms with E-state index in [0.717, 1.165) is 12.1 Å². The van der Waals surface area contributed by atoms with Gasteiger partial charge in [0.1, 0.15) is 11.4 Å². The first-order chi connectivity index (χ1) is 12.4. The van der Waals surface area contributed by atoms with Crippen molar-refractivity contribution in [3.63, 3.8) is 0 Å². The third kappa shape index (κ3) is 9.57. The molecular weight excluding hydrogens is 365 g/mol. The van der Waals surface area contributed by atoms with Crippen molar-refractivity contribution in [2.45, 2.75) is 39.7 Å². The highest BCUT2D eigenvalue weighted by Crippen LogP contribution is 2.23. The molecule has 0 atom stereocenters. The number of nitrogens with two attached hydrogens (primary N) is 1. The van der Waals surface area contributed by atoms with E-state index in [4.69, 9.17) is 10.5 Å². The summed E-state index contributed by atoms with van der Waals surface area (Å²) in [6, 6.07) is 5.07. The maximum Gasteiger partial charge on any atom is 0.573 e. The Hall–Kier alpha value is -2.65. The van der Waals surface area contributed by atoms with Crippen LogP contribution in [0.2, 0.25) is 0 Å². The van der Waals surface area contributed by atoms with Crippen molar-refractivity contribution in [2.24, 2.45) is 10.7 Å². The van der Waals surface area contributed by atoms with Crippen LogP contribution in [0.4, 0.5) is 23.7 Å². The number of amides is 1. The monoisotopic (exact) mass is 390 g/mol. The number of guanidine groups is 1. The number of carbonyl (C=O) groups excluding carboxylic acids is 1. The third-order valence-electron chi connectivity index (χ3n) is 3.05. The van der Waals surface area contributed by atoms with Gasteiger partial charge in [-0.2, -0.15) is 0 Å². The van der Waals surface area contributed by atoms with Crippen molar-refractivity contribution in [2.75, 3.05) is 25.0 Å². The maximum absolute atomic E-state index is 12.1. The van der Waals surface area contributed by atoms with E-state index in [9.17, 15) is 18.0 Å². The van der Waals surface area contributed by atoms with Gasteiger partial charge in [-0.25, -0.2) is 4.79 Å². The van der Waals surface area contributed by atoms with E-state index in [2.05, 4.69) is 15.0 Å². The predicted molar refractivity (Wildman–Crippen MR) is 96.7 cm³/mol. The van der Waals surface area contributed by atoms with Gasteiger partial charge in [0, 0.05) is 18.8 Å². The van der Waals surface area contributed by atoms with Crippen molar-refractivity contribution in [1.29, 1.82) is 0 Å². The summed E-state index contributed by atoms with van der Waals surface area (Å²) in [5, 5.41) is 2.75. The molecule has 0 saturated heterocycles. The molecule has 3 N–H and O–H groups in total. The van der Waals surface area contributed by atoms with E-state index < -0.39 is 18.1 Å². The van der Waals surface area contributed by atoms with Crippen LogP contribution in [-0.4, -0.2) is 48.6 Å². The fraction of sp³-hybridized carbons (Fsp3) is 0.529. The first-order valence-electron chi connectivity index (χ1n) is 8.30. The Balaban J connectivity index is 2.53. The van der Waals surface area contributed by atoms with Gasteiger partial charge in [-0.15, -0.1) is 13.2 Å². The molecule has 0 aliphatic heterocycles. The number of likely N-dealkylation sites (N-methyl/N-ethyl adjacent to an activating group) is 1. The largest absolute Gasteiger partial charge is 0.573 e. The van der Waals surface area contributed by atoms with Gasteiger partial charge >= 0.3 is 12.5 Å². The maximum atomic E-state index is 12.1. The van der Waals surface area contributed by atoms with Gasteiger partial charge in [-0.3, -0.25) is 4.99 Å². The number of aliphatic imine (C=N–C) groups is 1. The Morgan fingerprint density at radius 2 is 1.81 bits per heavy atom. The fourth-order valence-electron chi connectivity index (χ4n) is 1.92. The Bertz CT molecular complexity index is 640. The third-order valence-corrected chi connectivity index (χ3v) is 3.05. The standard InChI is InChI=1S/C17H25F3N4O3/c1-5-24(15(25)27-16(2,3)4)11-10-22-14(21)23-12-6-8-13(9-7-12)26-17(18,19)20/h6-9H,5,10-11H2,1-4H3,(H3,21,22,23). The number of hydrogen-bond donors (Lipinski definition) is 2. The minimum Gasteiger partial charge on any atom is -0.444 e. The van der Waals surface area contributed by atoms with Crippen LogP contribution in [0, 0.1) is 0 Å². The molecule has 7 nitrogen and oxygen atoms in total. The summed E-state index contributed by atoms with van der Waals surface area (Å²) in [6.45, 7) is 8.17. The quantitative estimate of drug-likeness (QED) is 0.573. The molecular formula is C17H25F3N4O3. The van der Waals surface area contributed by atoms with Crippen LogP contribution in [-0.2, 0) is 4.74 Å². The minimum atomic E-state index is -4.74. The molecule has 0 heterocycles. The SMILES string of the molecule is CCN(CCN=C(N)Nc1ccc(OC(F)(F)F)cc1)C(=O)OC(C)(C)C. The summed E-state index contributed by atoms with van der Waals surface area (Å²) in [7, 11) is 0. The van der Waals surface area contributed by atoms with Crippen LogP contribution in [0.3, 0.4) is 0 Å². The predicted octanol–water partition coefficient (Wildman–Crippen LogP) is 3.57. The van der Waals surface area contributed by atoms with Crippen molar-refractivity contribution >= 4 is 17.7 Å². The van der Waals surface area contributed by atoms with Crippen molar-refractivity contribution in [3.8, 4) is 5.75 Å². The number of benzene rings is 1. The zero-order chi connectivity index (χ0) is 20.7. The average Bonchev–Trinajstić information content (AvgIpc) is 2.50. The molecule has 0 radical (unpaired) electrons. The zero-order valence-electron chi connectivity index (χ0n) is 15.8. The van der Waals surface area contributed by atoms with Gasteiger partial charge in [0.2, 0.25) is 0 Å². The molecule has 1 aromatic carbocycles. The summed E-state index contributed by atoms with van der Waals surface area (Å²) in [4.78, 5) is 17.6. The highest BCUT2D eigenvalue weighted by atomic mass is 19.4. The highest BCUT2D eigenvalue weighted by molar-refractivity contribution is 5.92. The number of halogens is 3. The molecule has 0 saturated carbocycles.